The summed E-state index contributed by atoms with van der Waals surface area (Å²) in [5.74, 6) is -6.24. The first-order chi connectivity index (χ1) is 31.0. The van der Waals surface area contributed by atoms with Gasteiger partial charge in [-0.05, 0) is 63.0 Å². The number of hydrogen-bond acceptors (Lipinski definition) is 16. The van der Waals surface area contributed by atoms with Crippen molar-refractivity contribution in [3.05, 3.63) is 82.9 Å². The molecule has 17 nitrogen and oxygen atoms in total. The van der Waals surface area contributed by atoms with Crippen LogP contribution in [0.5, 0.6) is 0 Å². The van der Waals surface area contributed by atoms with E-state index < -0.39 is 125 Å². The number of carbonyl (C=O) groups excluding carboxylic acids is 6. The van der Waals surface area contributed by atoms with Gasteiger partial charge in [-0.15, -0.1) is 0 Å². The maximum Gasteiger partial charge on any atom is 0.408 e. The van der Waals surface area contributed by atoms with E-state index in [0.29, 0.717) is 18.4 Å². The summed E-state index contributed by atoms with van der Waals surface area (Å²) in [7, 11) is 0. The number of aliphatic hydroxyl groups is 4. The summed E-state index contributed by atoms with van der Waals surface area (Å²) >= 11 is 0. The lowest BCUT2D eigenvalue weighted by Gasteiger charge is -2.67. The number of hydrogen-bond donors (Lipinski definition) is 5. The molecule has 1 aliphatic heterocycles. The number of aliphatic hydroxyl groups excluding tert-OH is 3. The smallest absolute Gasteiger partial charge is 0.408 e. The Bertz CT molecular complexity index is 2190. The molecule has 2 bridgehead atoms. The van der Waals surface area contributed by atoms with Crippen LogP contribution in [0, 0.1) is 16.7 Å². The van der Waals surface area contributed by atoms with Crippen molar-refractivity contribution in [1.29, 1.82) is 0 Å². The molecule has 6 rings (SSSR count). The predicted molar refractivity (Wildman–Crippen MR) is 233 cm³/mol. The second-order valence-corrected chi connectivity index (χ2v) is 19.3. The highest BCUT2D eigenvalue weighted by Gasteiger charge is 2.78. The zero-order chi connectivity index (χ0) is 48.6. The number of esters is 4. The number of ketones is 1. The van der Waals surface area contributed by atoms with Crippen LogP contribution in [-0.2, 0) is 47.6 Å². The van der Waals surface area contributed by atoms with Crippen molar-refractivity contribution in [2.24, 2.45) is 16.7 Å². The minimum atomic E-state index is -2.42. The van der Waals surface area contributed by atoms with Crippen LogP contribution in [0.3, 0.4) is 0 Å². The SMILES string of the molecule is CCCCCC(=O)O[C@@H](C(=O)O[C@H]1CC2(O)[C@@H](OC(=O)c3ccccc3)[C@@H]3[C@]4(OC(C)=O)CO[C@@H]4C[C@H](O)[C@@]3(C)C(=O)[C@H](O)C(=C1C)C2(C)C)[C@@H](NC(=O)OC(C)(C)CO)c1ccccc1. The summed E-state index contributed by atoms with van der Waals surface area (Å²) in [5.41, 5.74) is -8.92. The van der Waals surface area contributed by atoms with E-state index >= 15 is 4.79 Å². The Kier molecular flexibility index (Phi) is 14.6. The summed E-state index contributed by atoms with van der Waals surface area (Å²) in [6, 6.07) is 14.5. The molecule has 2 saturated carbocycles. The first-order valence-electron chi connectivity index (χ1n) is 22.5. The molecular formula is C49H63NO16. The fraction of sp³-hybridized carbons (Fsp3) is 0.592. The van der Waals surface area contributed by atoms with Gasteiger partial charge in [-0.2, -0.15) is 0 Å². The fourth-order valence-electron chi connectivity index (χ4n) is 10.4. The lowest BCUT2D eigenvalue weighted by Crippen LogP contribution is -2.81. The molecule has 0 spiro atoms. The maximum atomic E-state index is 15.2. The van der Waals surface area contributed by atoms with E-state index in [9.17, 15) is 44.4 Å². The summed E-state index contributed by atoms with van der Waals surface area (Å²) in [6.07, 6.45) is -10.0. The minimum Gasteiger partial charge on any atom is -0.455 e. The molecule has 3 fully saturated rings. The average Bonchev–Trinajstić information content (AvgIpc) is 3.26. The average molecular weight is 922 g/mol. The van der Waals surface area contributed by atoms with Crippen molar-refractivity contribution in [1.82, 2.24) is 5.32 Å². The monoisotopic (exact) mass is 921 g/mol. The van der Waals surface area contributed by atoms with Gasteiger partial charge in [-0.25, -0.2) is 14.4 Å². The molecule has 360 valence electrons. The van der Waals surface area contributed by atoms with Crippen molar-refractivity contribution in [2.45, 2.75) is 153 Å². The number of ether oxygens (including phenoxy) is 6. The Labute approximate surface area is 384 Å². The number of rotatable bonds is 15. The predicted octanol–water partition coefficient (Wildman–Crippen LogP) is 4.36. The third-order valence-corrected chi connectivity index (χ3v) is 14.1. The zero-order valence-electron chi connectivity index (χ0n) is 38.7. The quantitative estimate of drug-likeness (QED) is 0.0720. The van der Waals surface area contributed by atoms with Crippen molar-refractivity contribution >= 4 is 35.8 Å². The molecule has 11 atom stereocenters. The van der Waals surface area contributed by atoms with Crippen LogP contribution in [0.15, 0.2) is 71.8 Å². The van der Waals surface area contributed by atoms with Gasteiger partial charge in [0.1, 0.15) is 41.7 Å². The third kappa shape index (κ3) is 9.12. The first kappa shape index (κ1) is 50.2. The van der Waals surface area contributed by atoms with Crippen molar-refractivity contribution in [3.8, 4) is 0 Å². The van der Waals surface area contributed by atoms with Gasteiger partial charge in [-0.1, -0.05) is 82.1 Å². The van der Waals surface area contributed by atoms with Gasteiger partial charge in [0, 0.05) is 31.6 Å². The van der Waals surface area contributed by atoms with Crippen LogP contribution in [0.4, 0.5) is 4.79 Å². The molecule has 1 unspecified atom stereocenters. The first-order valence-corrected chi connectivity index (χ1v) is 22.5. The number of unbranched alkanes of at least 4 members (excludes halogenated alkanes) is 2. The number of nitrogens with one attached hydrogen (secondary N) is 1. The third-order valence-electron chi connectivity index (χ3n) is 14.1. The van der Waals surface area contributed by atoms with E-state index in [2.05, 4.69) is 5.32 Å². The second-order valence-electron chi connectivity index (χ2n) is 19.3. The van der Waals surface area contributed by atoms with Gasteiger partial charge in [-0.3, -0.25) is 14.4 Å². The number of amides is 1. The highest BCUT2D eigenvalue weighted by atomic mass is 16.6. The van der Waals surface area contributed by atoms with Crippen molar-refractivity contribution < 1.29 is 77.6 Å². The molecule has 3 aliphatic carbocycles. The van der Waals surface area contributed by atoms with E-state index in [1.165, 1.54) is 53.7 Å². The van der Waals surface area contributed by atoms with Gasteiger partial charge < -0.3 is 54.2 Å². The molecule has 1 heterocycles. The maximum absolute atomic E-state index is 15.2. The molecule has 66 heavy (non-hydrogen) atoms. The number of alkyl carbamates (subject to hydrolysis) is 1. The van der Waals surface area contributed by atoms with Crippen molar-refractivity contribution in [2.75, 3.05) is 13.2 Å². The van der Waals surface area contributed by atoms with Gasteiger partial charge in [0.25, 0.3) is 0 Å². The molecule has 2 aromatic rings. The topological polar surface area (TPSA) is 251 Å². The van der Waals surface area contributed by atoms with Gasteiger partial charge in [0.15, 0.2) is 11.4 Å². The summed E-state index contributed by atoms with van der Waals surface area (Å²) in [6.45, 7) is 11.1. The molecular weight excluding hydrogens is 859 g/mol. The lowest BCUT2D eigenvalue weighted by atomic mass is 9.44. The van der Waals surface area contributed by atoms with E-state index in [1.54, 1.807) is 48.5 Å². The van der Waals surface area contributed by atoms with Gasteiger partial charge in [0.05, 0.1) is 36.2 Å². The molecule has 0 aromatic heterocycles. The fourth-order valence-corrected chi connectivity index (χ4v) is 10.4. The highest BCUT2D eigenvalue weighted by Crippen LogP contribution is 2.64. The standard InChI is InChI=1S/C49H63NO16/c1-9-10-13-22-34(54)63-38(36(29-18-14-11-15-19-29)50-44(59)66-45(4,5)25-51)43(58)62-31-24-49(60)41(64-42(57)30-20-16-12-17-21-30)39-47(8,40(56)37(55)35(27(31)2)46(49,6)7)32(53)23-33-48(39,26-61-33)65-28(3)52/h11-12,14-21,31-33,36-39,41,51,53,55,60H,9-10,13,22-26H2,1-8H3,(H,50,59)/t31-,32-,33+,36-,37+,38+,39-,41-,47+,48-,49?/m0/s1. The zero-order valence-corrected chi connectivity index (χ0v) is 38.7. The Morgan fingerprint density at radius 1 is 0.955 bits per heavy atom. The second kappa shape index (κ2) is 19.2. The van der Waals surface area contributed by atoms with E-state index in [1.807, 2.05) is 6.92 Å². The van der Waals surface area contributed by atoms with Crippen LogP contribution < -0.4 is 5.32 Å². The molecule has 17 heteroatoms. The largest absolute Gasteiger partial charge is 0.455 e. The van der Waals surface area contributed by atoms with Crippen LogP contribution in [0.25, 0.3) is 0 Å². The van der Waals surface area contributed by atoms with Crippen LogP contribution in [-0.4, -0.2) is 123 Å². The van der Waals surface area contributed by atoms with E-state index in [4.69, 9.17) is 28.4 Å². The molecule has 5 N–H and O–H groups in total. The molecule has 1 saturated heterocycles. The Balaban J connectivity index is 1.51. The van der Waals surface area contributed by atoms with Gasteiger partial charge in [0.2, 0.25) is 6.10 Å². The number of benzene rings is 2. The number of carbonyl (C=O) groups is 6. The highest BCUT2D eigenvalue weighted by molar-refractivity contribution is 5.94. The molecule has 0 radical (unpaired) electrons. The normalized spacial score (nSPS) is 30.9. The molecule has 2 aromatic carbocycles. The van der Waals surface area contributed by atoms with E-state index in [-0.39, 0.29) is 36.2 Å². The Morgan fingerprint density at radius 3 is 2.17 bits per heavy atom. The summed E-state index contributed by atoms with van der Waals surface area (Å²) in [4.78, 5) is 84.4. The molecule has 1 amide bonds. The number of fused-ring (bicyclic) bond motifs is 5. The lowest BCUT2D eigenvalue weighted by molar-refractivity contribution is -0.346. The van der Waals surface area contributed by atoms with Crippen LogP contribution in [0.2, 0.25) is 0 Å². The van der Waals surface area contributed by atoms with Crippen LogP contribution in [0.1, 0.15) is 116 Å². The summed E-state index contributed by atoms with van der Waals surface area (Å²) in [5, 5.41) is 50.5. The minimum absolute atomic E-state index is 0.0583. The van der Waals surface area contributed by atoms with Crippen molar-refractivity contribution in [3.63, 3.8) is 0 Å². The van der Waals surface area contributed by atoms with E-state index in [0.717, 1.165) is 13.3 Å². The van der Waals surface area contributed by atoms with Gasteiger partial charge >= 0.3 is 30.0 Å². The Morgan fingerprint density at radius 2 is 1.59 bits per heavy atom. The molecule has 4 aliphatic rings. The summed E-state index contributed by atoms with van der Waals surface area (Å²) < 4.78 is 35.9. The Hall–Kier alpha value is -5.20. The van der Waals surface area contributed by atoms with Crippen LogP contribution >= 0.6 is 0 Å². The number of Topliss-reactive ketones (excluding diaryl/α,β-unsaturated/α-hetero) is 1.